The molecule has 1 atom stereocenters. The molecule has 0 fully saturated rings. The molecular formula is C14H25N5S. The van der Waals surface area contributed by atoms with Crippen molar-refractivity contribution in [3.05, 3.63) is 16.8 Å². The van der Waals surface area contributed by atoms with E-state index in [0.29, 0.717) is 11.9 Å². The Morgan fingerprint density at radius 2 is 2.00 bits per heavy atom. The first-order valence-electron chi connectivity index (χ1n) is 6.92. The van der Waals surface area contributed by atoms with E-state index in [0.717, 1.165) is 35.4 Å². The van der Waals surface area contributed by atoms with Crippen molar-refractivity contribution in [2.24, 2.45) is 5.73 Å². The fourth-order valence-electron chi connectivity index (χ4n) is 2.25. The highest BCUT2D eigenvalue weighted by Crippen LogP contribution is 2.24. The summed E-state index contributed by atoms with van der Waals surface area (Å²) in [4.78, 5) is 2.07. The highest BCUT2D eigenvalue weighted by atomic mass is 32.2. The number of nitrogen functional groups attached to an aromatic ring is 1. The fourth-order valence-corrected chi connectivity index (χ4v) is 2.96. The number of amidine groups is 1. The lowest BCUT2D eigenvalue weighted by Crippen LogP contribution is -2.34. The van der Waals surface area contributed by atoms with E-state index < -0.39 is 0 Å². The molecule has 1 aromatic heterocycles. The number of hydrogen-bond acceptors (Lipinski definition) is 5. The molecule has 1 unspecified atom stereocenters. The van der Waals surface area contributed by atoms with E-state index >= 15 is 0 Å². The van der Waals surface area contributed by atoms with Crippen LogP contribution in [-0.2, 0) is 12.8 Å². The topological polar surface area (TPSA) is 78.9 Å². The summed E-state index contributed by atoms with van der Waals surface area (Å²) < 4.78 is 0. The van der Waals surface area contributed by atoms with E-state index in [1.165, 1.54) is 0 Å². The number of aryl methyl sites for hydroxylation is 1. The molecule has 1 rings (SSSR count). The second kappa shape index (κ2) is 7.47. The molecule has 20 heavy (non-hydrogen) atoms. The van der Waals surface area contributed by atoms with E-state index in [1.54, 1.807) is 11.8 Å². The average molecular weight is 295 g/mol. The Kier molecular flexibility index (Phi) is 6.26. The molecule has 0 aliphatic heterocycles. The van der Waals surface area contributed by atoms with Gasteiger partial charge in [-0.2, -0.15) is 16.9 Å². The van der Waals surface area contributed by atoms with Gasteiger partial charge in [-0.15, -0.1) is 5.10 Å². The van der Waals surface area contributed by atoms with Crippen LogP contribution in [0.2, 0.25) is 0 Å². The van der Waals surface area contributed by atoms with Gasteiger partial charge in [0.15, 0.2) is 5.82 Å². The van der Waals surface area contributed by atoms with Crippen LogP contribution in [0.15, 0.2) is 0 Å². The minimum absolute atomic E-state index is 0.0738. The first-order valence-corrected chi connectivity index (χ1v) is 8.31. The normalized spacial score (nSPS) is 12.2. The number of aromatic nitrogens is 2. The lowest BCUT2D eigenvalue weighted by molar-refractivity contribution is 0.733. The van der Waals surface area contributed by atoms with Gasteiger partial charge >= 0.3 is 0 Å². The van der Waals surface area contributed by atoms with Crippen molar-refractivity contribution in [2.75, 3.05) is 24.0 Å². The van der Waals surface area contributed by atoms with E-state index in [9.17, 15) is 0 Å². The predicted octanol–water partition coefficient (Wildman–Crippen LogP) is 2.07. The third-order valence-corrected chi connectivity index (χ3v) is 4.32. The third kappa shape index (κ3) is 3.42. The van der Waals surface area contributed by atoms with Gasteiger partial charge in [-0.25, -0.2) is 0 Å². The van der Waals surface area contributed by atoms with Gasteiger partial charge in [0, 0.05) is 18.8 Å². The second-order valence-corrected chi connectivity index (χ2v) is 5.77. The molecule has 1 aromatic rings. The summed E-state index contributed by atoms with van der Waals surface area (Å²) in [5.74, 6) is 1.78. The lowest BCUT2D eigenvalue weighted by atomic mass is 10.0. The number of nitrogens with zero attached hydrogens (tertiary/aromatic N) is 3. The maximum atomic E-state index is 7.91. The number of thioether (sulfide) groups is 1. The van der Waals surface area contributed by atoms with Gasteiger partial charge in [0.05, 0.1) is 11.3 Å². The molecule has 3 N–H and O–H groups in total. The molecule has 0 aliphatic rings. The first kappa shape index (κ1) is 16.8. The highest BCUT2D eigenvalue weighted by molar-refractivity contribution is 7.98. The van der Waals surface area contributed by atoms with E-state index in [2.05, 4.69) is 35.2 Å². The Bertz CT molecular complexity index is 475. The standard InChI is InChI=1S/C14H25N5S/c1-6-10-11(7-2)17-18-14(12(10)13(15)16)19(4)9(3)8-20-5/h9H,6-8H2,1-5H3,(H3,15,16). The third-order valence-electron chi connectivity index (χ3n) is 3.50. The van der Waals surface area contributed by atoms with Gasteiger partial charge < -0.3 is 10.6 Å². The van der Waals surface area contributed by atoms with Crippen molar-refractivity contribution in [1.82, 2.24) is 10.2 Å². The molecule has 0 amide bonds. The Labute approximate surface area is 125 Å². The van der Waals surface area contributed by atoms with Gasteiger partial charge in [0.25, 0.3) is 0 Å². The molecule has 0 saturated carbocycles. The van der Waals surface area contributed by atoms with Crippen molar-refractivity contribution >= 4 is 23.4 Å². The molecule has 0 radical (unpaired) electrons. The van der Waals surface area contributed by atoms with Crippen LogP contribution >= 0.6 is 11.8 Å². The van der Waals surface area contributed by atoms with Crippen LogP contribution in [-0.4, -0.2) is 41.1 Å². The van der Waals surface area contributed by atoms with Crippen molar-refractivity contribution in [3.63, 3.8) is 0 Å². The van der Waals surface area contributed by atoms with Gasteiger partial charge in [-0.3, -0.25) is 5.41 Å². The molecule has 0 bridgehead atoms. The van der Waals surface area contributed by atoms with Crippen LogP contribution in [0.1, 0.15) is 37.6 Å². The van der Waals surface area contributed by atoms with Crippen LogP contribution < -0.4 is 10.6 Å². The molecular weight excluding hydrogens is 270 g/mol. The number of rotatable bonds is 7. The zero-order valence-corrected chi connectivity index (χ0v) is 13.8. The predicted molar refractivity (Wildman–Crippen MR) is 88.1 cm³/mol. The molecule has 0 spiro atoms. The van der Waals surface area contributed by atoms with Crippen LogP contribution in [0, 0.1) is 5.41 Å². The Morgan fingerprint density at radius 3 is 2.45 bits per heavy atom. The molecule has 6 heteroatoms. The van der Waals surface area contributed by atoms with Gasteiger partial charge in [0.1, 0.15) is 5.84 Å². The van der Waals surface area contributed by atoms with Crippen molar-refractivity contribution in [3.8, 4) is 0 Å². The zero-order chi connectivity index (χ0) is 15.3. The highest BCUT2D eigenvalue weighted by Gasteiger charge is 2.21. The summed E-state index contributed by atoms with van der Waals surface area (Å²) >= 11 is 1.79. The quantitative estimate of drug-likeness (QED) is 0.595. The number of anilines is 1. The summed E-state index contributed by atoms with van der Waals surface area (Å²) in [6.07, 6.45) is 3.70. The number of nitrogens with two attached hydrogens (primary N) is 1. The van der Waals surface area contributed by atoms with Crippen LogP contribution in [0.3, 0.4) is 0 Å². The second-order valence-electron chi connectivity index (χ2n) is 4.86. The molecule has 0 aromatic carbocycles. The van der Waals surface area contributed by atoms with Crippen molar-refractivity contribution in [2.45, 2.75) is 39.7 Å². The Balaban J connectivity index is 3.36. The van der Waals surface area contributed by atoms with Gasteiger partial charge in [-0.1, -0.05) is 13.8 Å². The Hall–Kier alpha value is -1.30. The maximum Gasteiger partial charge on any atom is 0.162 e. The summed E-state index contributed by atoms with van der Waals surface area (Å²) in [5.41, 5.74) is 8.54. The molecule has 0 saturated heterocycles. The van der Waals surface area contributed by atoms with Gasteiger partial charge in [0.2, 0.25) is 0 Å². The molecule has 0 aliphatic carbocycles. The lowest BCUT2D eigenvalue weighted by Gasteiger charge is -2.28. The van der Waals surface area contributed by atoms with Gasteiger partial charge in [-0.05, 0) is 31.6 Å². The zero-order valence-electron chi connectivity index (χ0n) is 13.0. The summed E-state index contributed by atoms with van der Waals surface area (Å²) in [6, 6.07) is 0.314. The average Bonchev–Trinajstić information content (AvgIpc) is 2.44. The van der Waals surface area contributed by atoms with Crippen molar-refractivity contribution in [1.29, 1.82) is 5.41 Å². The first-order chi connectivity index (χ1) is 9.47. The van der Waals surface area contributed by atoms with Crippen LogP contribution in [0.4, 0.5) is 5.82 Å². The monoisotopic (exact) mass is 295 g/mol. The van der Waals surface area contributed by atoms with Crippen molar-refractivity contribution < 1.29 is 0 Å². The van der Waals surface area contributed by atoms with E-state index in [1.807, 2.05) is 14.0 Å². The SMILES string of the molecule is CCc1nnc(N(C)C(C)CSC)c(C(=N)N)c1CC. The largest absolute Gasteiger partial charge is 0.384 e. The van der Waals surface area contributed by atoms with Crippen LogP contribution in [0.25, 0.3) is 0 Å². The van der Waals surface area contributed by atoms with E-state index in [4.69, 9.17) is 11.1 Å². The summed E-state index contributed by atoms with van der Waals surface area (Å²) in [5, 5.41) is 16.6. The molecule has 1 heterocycles. The minimum atomic E-state index is 0.0738. The molecule has 5 nitrogen and oxygen atoms in total. The number of nitrogens with one attached hydrogen (secondary N) is 1. The van der Waals surface area contributed by atoms with E-state index in [-0.39, 0.29) is 5.84 Å². The molecule has 112 valence electrons. The van der Waals surface area contributed by atoms with Crippen LogP contribution in [0.5, 0.6) is 0 Å². The smallest absolute Gasteiger partial charge is 0.162 e. The fraction of sp³-hybridized carbons (Fsp3) is 0.643. The minimum Gasteiger partial charge on any atom is -0.384 e. The summed E-state index contributed by atoms with van der Waals surface area (Å²) in [6.45, 7) is 6.26. The maximum absolute atomic E-state index is 7.91. The Morgan fingerprint density at radius 1 is 1.35 bits per heavy atom. The summed E-state index contributed by atoms with van der Waals surface area (Å²) in [7, 11) is 1.99. The number of hydrogen-bond donors (Lipinski definition) is 2.